The van der Waals surface area contributed by atoms with Crippen molar-refractivity contribution in [3.8, 4) is 44.8 Å². The zero-order valence-corrected chi connectivity index (χ0v) is 27.4. The van der Waals surface area contributed by atoms with Crippen molar-refractivity contribution in [2.45, 2.75) is 0 Å². The summed E-state index contributed by atoms with van der Waals surface area (Å²) in [6, 6.07) is 70.4. The molecule has 8 aromatic carbocycles. The molecule has 234 valence electrons. The highest BCUT2D eigenvalue weighted by molar-refractivity contribution is 6.11. The molecule has 0 radical (unpaired) electrons. The van der Waals surface area contributed by atoms with Crippen molar-refractivity contribution < 1.29 is 0 Å². The van der Waals surface area contributed by atoms with E-state index < -0.39 is 0 Å². The van der Waals surface area contributed by atoms with Gasteiger partial charge in [0.2, 0.25) is 0 Å². The van der Waals surface area contributed by atoms with Gasteiger partial charge in [-0.05, 0) is 64.7 Å². The number of aromatic nitrogens is 2. The van der Waals surface area contributed by atoms with Crippen molar-refractivity contribution in [1.29, 1.82) is 0 Å². The molecule has 50 heavy (non-hydrogen) atoms. The van der Waals surface area contributed by atoms with Crippen LogP contribution in [0.4, 0.5) is 0 Å². The van der Waals surface area contributed by atoms with Gasteiger partial charge in [0, 0.05) is 38.4 Å². The molecule has 0 spiro atoms. The first-order valence-corrected chi connectivity index (χ1v) is 17.2. The van der Waals surface area contributed by atoms with Gasteiger partial charge in [0.1, 0.15) is 0 Å². The minimum atomic E-state index is 1.16. The van der Waals surface area contributed by atoms with Crippen molar-refractivity contribution in [2.75, 3.05) is 0 Å². The van der Waals surface area contributed by atoms with Gasteiger partial charge in [0.05, 0.1) is 27.8 Å². The van der Waals surface area contributed by atoms with Crippen LogP contribution in [0.25, 0.3) is 88.4 Å². The maximum atomic E-state index is 2.47. The molecule has 0 N–H and O–H groups in total. The molecule has 0 atom stereocenters. The maximum Gasteiger partial charge on any atom is 0.0618 e. The number of rotatable bonds is 5. The van der Waals surface area contributed by atoms with Crippen LogP contribution in [0, 0.1) is 0 Å². The molecule has 0 aliphatic heterocycles. The lowest BCUT2D eigenvalue weighted by molar-refractivity contribution is 1.18. The largest absolute Gasteiger partial charge is 0.309 e. The third-order valence-corrected chi connectivity index (χ3v) is 10.1. The van der Waals surface area contributed by atoms with Crippen molar-refractivity contribution >= 4 is 43.6 Å². The van der Waals surface area contributed by atoms with Gasteiger partial charge in [0.25, 0.3) is 0 Å². The van der Waals surface area contributed by atoms with Crippen molar-refractivity contribution in [1.82, 2.24) is 9.13 Å². The molecule has 2 heterocycles. The molecule has 0 bridgehead atoms. The highest BCUT2D eigenvalue weighted by atomic mass is 15.0. The van der Waals surface area contributed by atoms with E-state index in [1.807, 2.05) is 0 Å². The summed E-state index contributed by atoms with van der Waals surface area (Å²) >= 11 is 0. The summed E-state index contributed by atoms with van der Waals surface area (Å²) in [5.74, 6) is 0. The molecular formula is C48H32N2. The topological polar surface area (TPSA) is 9.86 Å². The third-order valence-electron chi connectivity index (χ3n) is 10.1. The van der Waals surface area contributed by atoms with Crippen LogP contribution in [0.1, 0.15) is 0 Å². The first-order chi connectivity index (χ1) is 24.8. The lowest BCUT2D eigenvalue weighted by Gasteiger charge is -2.19. The molecule has 10 rings (SSSR count). The van der Waals surface area contributed by atoms with Crippen LogP contribution in [-0.2, 0) is 0 Å². The summed E-state index contributed by atoms with van der Waals surface area (Å²) in [6.07, 6.45) is 0. The van der Waals surface area contributed by atoms with E-state index in [2.05, 4.69) is 203 Å². The third kappa shape index (κ3) is 4.43. The van der Waals surface area contributed by atoms with Crippen LogP contribution in [0.15, 0.2) is 194 Å². The van der Waals surface area contributed by atoms with E-state index in [1.165, 1.54) is 82.7 Å². The number of fused-ring (bicyclic) bond motifs is 6. The van der Waals surface area contributed by atoms with E-state index in [0.29, 0.717) is 0 Å². The summed E-state index contributed by atoms with van der Waals surface area (Å²) in [7, 11) is 0. The number of benzene rings is 8. The second-order valence-corrected chi connectivity index (χ2v) is 12.9. The molecule has 0 aliphatic carbocycles. The first-order valence-electron chi connectivity index (χ1n) is 17.2. The SMILES string of the molecule is c1ccc(-c2cccc(-c3cccc(-c4ccc5c6ccccc6n(-c6ccccc6)c5c4)c3)c2-n2c3ccccc3c3ccccc32)cc1. The van der Waals surface area contributed by atoms with Gasteiger partial charge >= 0.3 is 0 Å². The smallest absolute Gasteiger partial charge is 0.0618 e. The quantitative estimate of drug-likeness (QED) is 0.178. The molecule has 10 aromatic rings. The van der Waals surface area contributed by atoms with Crippen LogP contribution in [0.2, 0.25) is 0 Å². The van der Waals surface area contributed by atoms with Gasteiger partial charge in [-0.15, -0.1) is 0 Å². The van der Waals surface area contributed by atoms with E-state index in [-0.39, 0.29) is 0 Å². The van der Waals surface area contributed by atoms with Crippen molar-refractivity contribution in [3.63, 3.8) is 0 Å². The Labute approximate surface area is 290 Å². The predicted molar refractivity (Wildman–Crippen MR) is 211 cm³/mol. The Kier molecular flexibility index (Phi) is 6.53. The lowest BCUT2D eigenvalue weighted by atomic mass is 9.93. The van der Waals surface area contributed by atoms with Gasteiger partial charge in [-0.3, -0.25) is 0 Å². The van der Waals surface area contributed by atoms with Crippen LogP contribution >= 0.6 is 0 Å². The van der Waals surface area contributed by atoms with Crippen LogP contribution in [-0.4, -0.2) is 9.13 Å². The van der Waals surface area contributed by atoms with Gasteiger partial charge in [-0.25, -0.2) is 0 Å². The van der Waals surface area contributed by atoms with Crippen LogP contribution < -0.4 is 0 Å². The Bertz CT molecular complexity index is 2800. The fourth-order valence-electron chi connectivity index (χ4n) is 7.90. The summed E-state index contributed by atoms with van der Waals surface area (Å²) < 4.78 is 4.86. The van der Waals surface area contributed by atoms with E-state index in [4.69, 9.17) is 0 Å². The Morgan fingerprint density at radius 2 is 0.720 bits per heavy atom. The number of hydrogen-bond acceptors (Lipinski definition) is 0. The summed E-state index contributed by atoms with van der Waals surface area (Å²) in [5.41, 5.74) is 14.3. The minimum Gasteiger partial charge on any atom is -0.309 e. The maximum absolute atomic E-state index is 2.47. The van der Waals surface area contributed by atoms with Crippen molar-refractivity contribution in [2.24, 2.45) is 0 Å². The van der Waals surface area contributed by atoms with Gasteiger partial charge in [-0.2, -0.15) is 0 Å². The second-order valence-electron chi connectivity index (χ2n) is 12.9. The summed E-state index contributed by atoms with van der Waals surface area (Å²) in [5, 5.41) is 5.04. The zero-order valence-electron chi connectivity index (χ0n) is 27.4. The molecular weight excluding hydrogens is 605 g/mol. The number of nitrogens with zero attached hydrogens (tertiary/aromatic N) is 2. The predicted octanol–water partition coefficient (Wildman–Crippen LogP) is 12.9. The average molecular weight is 637 g/mol. The minimum absolute atomic E-state index is 1.16. The zero-order chi connectivity index (χ0) is 33.0. The van der Waals surface area contributed by atoms with Crippen molar-refractivity contribution in [3.05, 3.63) is 194 Å². The summed E-state index contributed by atoms with van der Waals surface area (Å²) in [6.45, 7) is 0. The van der Waals surface area contributed by atoms with Crippen LogP contribution in [0.3, 0.4) is 0 Å². The molecule has 0 saturated carbocycles. The van der Waals surface area contributed by atoms with E-state index in [9.17, 15) is 0 Å². The van der Waals surface area contributed by atoms with E-state index in [1.54, 1.807) is 0 Å². The van der Waals surface area contributed by atoms with E-state index >= 15 is 0 Å². The molecule has 0 unspecified atom stereocenters. The fourth-order valence-corrected chi connectivity index (χ4v) is 7.90. The number of para-hydroxylation sites is 5. The van der Waals surface area contributed by atoms with Gasteiger partial charge in [-0.1, -0.05) is 152 Å². The second kappa shape index (κ2) is 11.5. The van der Waals surface area contributed by atoms with Gasteiger partial charge in [0.15, 0.2) is 0 Å². The Balaban J connectivity index is 1.21. The molecule has 0 aliphatic rings. The average Bonchev–Trinajstić information content (AvgIpc) is 3.71. The highest BCUT2D eigenvalue weighted by Gasteiger charge is 2.20. The molecule has 2 nitrogen and oxygen atoms in total. The van der Waals surface area contributed by atoms with Crippen LogP contribution in [0.5, 0.6) is 0 Å². The standard InChI is InChI=1S/C48H32N2/c1-3-15-33(16-4-1)38-24-14-25-39(48(38)50-45-27-11-8-21-40(45)41-22-9-12-28-46(41)50)36-18-13-17-34(31-36)35-29-30-43-42-23-7-10-26-44(42)49(47(43)32-35)37-19-5-2-6-20-37/h1-32H. The Morgan fingerprint density at radius 1 is 0.260 bits per heavy atom. The summed E-state index contributed by atoms with van der Waals surface area (Å²) in [4.78, 5) is 0. The number of hydrogen-bond donors (Lipinski definition) is 0. The van der Waals surface area contributed by atoms with E-state index in [0.717, 1.165) is 5.69 Å². The molecule has 0 amide bonds. The molecule has 0 saturated heterocycles. The monoisotopic (exact) mass is 636 g/mol. The fraction of sp³-hybridized carbons (Fsp3) is 0. The Hall–Kier alpha value is -6.64. The Morgan fingerprint density at radius 3 is 1.38 bits per heavy atom. The molecule has 0 fully saturated rings. The first kappa shape index (κ1) is 28.4. The lowest BCUT2D eigenvalue weighted by Crippen LogP contribution is -2.00. The molecule has 2 heteroatoms. The molecule has 2 aromatic heterocycles. The van der Waals surface area contributed by atoms with Gasteiger partial charge < -0.3 is 9.13 Å². The normalized spacial score (nSPS) is 11.6. The highest BCUT2D eigenvalue weighted by Crippen LogP contribution is 2.42.